The Morgan fingerprint density at radius 2 is 2.14 bits per heavy atom. The van der Waals surface area contributed by atoms with Gasteiger partial charge in [-0.3, -0.25) is 4.90 Å². The molecular formula is C15H27N5S. The number of aromatic nitrogens is 2. The van der Waals surface area contributed by atoms with Crippen LogP contribution in [0.5, 0.6) is 0 Å². The van der Waals surface area contributed by atoms with Crippen LogP contribution >= 0.6 is 11.5 Å². The van der Waals surface area contributed by atoms with Gasteiger partial charge in [-0.05, 0) is 38.6 Å². The second kappa shape index (κ2) is 7.03. The molecule has 0 spiro atoms. The van der Waals surface area contributed by atoms with Crippen molar-refractivity contribution >= 4 is 16.7 Å². The standard InChI is InChI=1S/C15H27N5S/c1-2-13(6-7-16)19-8-3-9-20(11-10-19)15-17-14(18-21-15)12-4-5-12/h12-13H,2-11,16H2,1H3. The molecule has 1 aromatic rings. The molecule has 5 nitrogen and oxygen atoms in total. The first-order valence-corrected chi connectivity index (χ1v) is 9.11. The van der Waals surface area contributed by atoms with Crippen molar-refractivity contribution < 1.29 is 0 Å². The maximum Gasteiger partial charge on any atom is 0.205 e. The van der Waals surface area contributed by atoms with Crippen LogP contribution in [0.1, 0.15) is 50.8 Å². The predicted molar refractivity (Wildman–Crippen MR) is 88.0 cm³/mol. The van der Waals surface area contributed by atoms with Crippen LogP contribution in [-0.4, -0.2) is 53.0 Å². The van der Waals surface area contributed by atoms with E-state index in [1.807, 2.05) is 0 Å². The average Bonchev–Trinajstić information content (AvgIpc) is 3.28. The zero-order valence-corrected chi connectivity index (χ0v) is 13.8. The minimum Gasteiger partial charge on any atom is -0.346 e. The van der Waals surface area contributed by atoms with Crippen molar-refractivity contribution in [3.63, 3.8) is 0 Å². The number of rotatable bonds is 6. The SMILES string of the molecule is CCC(CCN)N1CCCN(c2nc(C3CC3)ns2)CC1. The normalized spacial score (nSPS) is 22.3. The van der Waals surface area contributed by atoms with Crippen molar-refractivity contribution in [2.75, 3.05) is 37.6 Å². The third-order valence-electron chi connectivity index (χ3n) is 4.66. The van der Waals surface area contributed by atoms with E-state index in [2.05, 4.69) is 21.1 Å². The zero-order chi connectivity index (χ0) is 14.7. The Kier molecular flexibility index (Phi) is 5.08. The molecule has 1 aliphatic heterocycles. The van der Waals surface area contributed by atoms with E-state index >= 15 is 0 Å². The number of nitrogens with zero attached hydrogens (tertiary/aromatic N) is 4. The van der Waals surface area contributed by atoms with Crippen molar-refractivity contribution in [2.45, 2.75) is 51.0 Å². The molecule has 3 rings (SSSR count). The fourth-order valence-electron chi connectivity index (χ4n) is 3.19. The van der Waals surface area contributed by atoms with Crippen LogP contribution in [0.2, 0.25) is 0 Å². The average molecular weight is 309 g/mol. The molecule has 1 saturated heterocycles. The lowest BCUT2D eigenvalue weighted by Gasteiger charge is -2.29. The Labute approximate surface area is 131 Å². The third kappa shape index (κ3) is 3.73. The van der Waals surface area contributed by atoms with Crippen LogP contribution in [0.4, 0.5) is 5.13 Å². The summed E-state index contributed by atoms with van der Waals surface area (Å²) < 4.78 is 4.54. The summed E-state index contributed by atoms with van der Waals surface area (Å²) in [4.78, 5) is 9.81. The summed E-state index contributed by atoms with van der Waals surface area (Å²) in [6.45, 7) is 7.55. The highest BCUT2D eigenvalue weighted by molar-refractivity contribution is 7.09. The summed E-state index contributed by atoms with van der Waals surface area (Å²) in [5.74, 6) is 1.75. The number of hydrogen-bond donors (Lipinski definition) is 1. The Hall–Kier alpha value is -0.720. The highest BCUT2D eigenvalue weighted by Gasteiger charge is 2.29. The summed E-state index contributed by atoms with van der Waals surface area (Å²) >= 11 is 1.59. The van der Waals surface area contributed by atoms with Gasteiger partial charge in [0.2, 0.25) is 5.13 Å². The van der Waals surface area contributed by atoms with E-state index in [9.17, 15) is 0 Å². The van der Waals surface area contributed by atoms with E-state index in [1.165, 1.54) is 32.2 Å². The molecule has 0 aromatic carbocycles. The van der Waals surface area contributed by atoms with Crippen LogP contribution in [0.25, 0.3) is 0 Å². The van der Waals surface area contributed by atoms with E-state index in [0.29, 0.717) is 12.0 Å². The molecule has 0 amide bonds. The van der Waals surface area contributed by atoms with Gasteiger partial charge in [-0.2, -0.15) is 4.37 Å². The summed E-state index contributed by atoms with van der Waals surface area (Å²) in [5, 5.41) is 1.13. The van der Waals surface area contributed by atoms with Crippen molar-refractivity contribution in [3.8, 4) is 0 Å². The fourth-order valence-corrected chi connectivity index (χ4v) is 3.99. The smallest absolute Gasteiger partial charge is 0.205 e. The quantitative estimate of drug-likeness (QED) is 0.871. The highest BCUT2D eigenvalue weighted by atomic mass is 32.1. The molecule has 6 heteroatoms. The second-order valence-electron chi connectivity index (χ2n) is 6.23. The van der Waals surface area contributed by atoms with E-state index in [-0.39, 0.29) is 0 Å². The third-order valence-corrected chi connectivity index (χ3v) is 5.45. The van der Waals surface area contributed by atoms with Crippen LogP contribution in [-0.2, 0) is 0 Å². The molecule has 1 aliphatic carbocycles. The van der Waals surface area contributed by atoms with Gasteiger partial charge in [-0.25, -0.2) is 4.98 Å². The van der Waals surface area contributed by atoms with Crippen LogP contribution < -0.4 is 10.6 Å². The Balaban J connectivity index is 1.59. The number of nitrogens with two attached hydrogens (primary N) is 1. The summed E-state index contributed by atoms with van der Waals surface area (Å²) in [5.41, 5.74) is 5.75. The van der Waals surface area contributed by atoms with E-state index in [0.717, 1.165) is 43.6 Å². The molecule has 1 aromatic heterocycles. The molecular weight excluding hydrogens is 282 g/mol. The van der Waals surface area contributed by atoms with Gasteiger partial charge >= 0.3 is 0 Å². The van der Waals surface area contributed by atoms with Gasteiger partial charge in [-0.15, -0.1) is 0 Å². The van der Waals surface area contributed by atoms with Crippen LogP contribution in [0.15, 0.2) is 0 Å². The van der Waals surface area contributed by atoms with Gasteiger partial charge < -0.3 is 10.6 Å². The Morgan fingerprint density at radius 1 is 1.29 bits per heavy atom. The molecule has 21 heavy (non-hydrogen) atoms. The molecule has 1 atom stereocenters. The van der Waals surface area contributed by atoms with E-state index in [1.54, 1.807) is 11.5 Å². The largest absolute Gasteiger partial charge is 0.346 e. The van der Waals surface area contributed by atoms with Gasteiger partial charge in [0.15, 0.2) is 0 Å². The van der Waals surface area contributed by atoms with E-state index in [4.69, 9.17) is 10.7 Å². The van der Waals surface area contributed by atoms with Gasteiger partial charge in [0.25, 0.3) is 0 Å². The number of anilines is 1. The maximum absolute atomic E-state index is 5.75. The lowest BCUT2D eigenvalue weighted by Crippen LogP contribution is -2.39. The van der Waals surface area contributed by atoms with Gasteiger partial charge in [-0.1, -0.05) is 6.92 Å². The summed E-state index contributed by atoms with van der Waals surface area (Å²) in [6, 6.07) is 0.645. The van der Waals surface area contributed by atoms with Crippen molar-refractivity contribution in [2.24, 2.45) is 5.73 Å². The Bertz CT molecular complexity index is 445. The molecule has 2 heterocycles. The fraction of sp³-hybridized carbons (Fsp3) is 0.867. The van der Waals surface area contributed by atoms with Crippen molar-refractivity contribution in [1.82, 2.24) is 14.3 Å². The molecule has 2 N–H and O–H groups in total. The van der Waals surface area contributed by atoms with E-state index < -0.39 is 0 Å². The Morgan fingerprint density at radius 3 is 2.86 bits per heavy atom. The summed E-state index contributed by atoms with van der Waals surface area (Å²) in [7, 11) is 0. The van der Waals surface area contributed by atoms with Gasteiger partial charge in [0.05, 0.1) is 0 Å². The lowest BCUT2D eigenvalue weighted by atomic mass is 10.1. The topological polar surface area (TPSA) is 58.3 Å². The monoisotopic (exact) mass is 309 g/mol. The lowest BCUT2D eigenvalue weighted by molar-refractivity contribution is 0.196. The first-order valence-electron chi connectivity index (χ1n) is 8.34. The number of hydrogen-bond acceptors (Lipinski definition) is 6. The van der Waals surface area contributed by atoms with Crippen molar-refractivity contribution in [1.29, 1.82) is 0 Å². The molecule has 2 fully saturated rings. The molecule has 0 bridgehead atoms. The maximum atomic E-state index is 5.75. The van der Waals surface area contributed by atoms with Crippen molar-refractivity contribution in [3.05, 3.63) is 5.82 Å². The predicted octanol–water partition coefficient (Wildman–Crippen LogP) is 2.06. The summed E-state index contributed by atoms with van der Waals surface area (Å²) in [6.07, 6.45) is 6.07. The highest BCUT2D eigenvalue weighted by Crippen LogP contribution is 2.39. The molecule has 118 valence electrons. The van der Waals surface area contributed by atoms with Gasteiger partial charge in [0.1, 0.15) is 5.82 Å². The first-order chi connectivity index (χ1) is 10.3. The second-order valence-corrected chi connectivity index (χ2v) is 6.96. The first kappa shape index (κ1) is 15.2. The molecule has 1 saturated carbocycles. The zero-order valence-electron chi connectivity index (χ0n) is 13.0. The minimum atomic E-state index is 0.645. The van der Waals surface area contributed by atoms with Gasteiger partial charge in [0, 0.05) is 49.7 Å². The van der Waals surface area contributed by atoms with Crippen LogP contribution in [0.3, 0.4) is 0 Å². The molecule has 2 aliphatic rings. The van der Waals surface area contributed by atoms with Crippen LogP contribution in [0, 0.1) is 0 Å². The molecule has 1 unspecified atom stereocenters. The molecule has 0 radical (unpaired) electrons. The minimum absolute atomic E-state index is 0.645.